The molecular formula is C15H20N4O2S. The van der Waals surface area contributed by atoms with E-state index in [9.17, 15) is 5.11 Å². The van der Waals surface area contributed by atoms with Crippen molar-refractivity contribution in [2.75, 3.05) is 19.6 Å². The summed E-state index contributed by atoms with van der Waals surface area (Å²) in [7, 11) is 0. The number of thiophene rings is 1. The van der Waals surface area contributed by atoms with E-state index < -0.39 is 0 Å². The monoisotopic (exact) mass is 320 g/mol. The number of aromatic nitrogens is 1. The molecule has 0 bridgehead atoms. The fraction of sp³-hybridized carbons (Fsp3) is 0.467. The molecule has 1 fully saturated rings. The molecule has 7 heteroatoms. The average molecular weight is 320 g/mol. The van der Waals surface area contributed by atoms with Gasteiger partial charge >= 0.3 is 0 Å². The molecule has 1 saturated heterocycles. The molecule has 1 aliphatic heterocycles. The summed E-state index contributed by atoms with van der Waals surface area (Å²) in [6.45, 7) is 4.75. The van der Waals surface area contributed by atoms with Crippen molar-refractivity contribution < 1.29 is 9.52 Å². The normalized spacial score (nSPS) is 18.9. The Bertz CT molecular complexity index is 623. The molecule has 0 saturated carbocycles. The van der Waals surface area contributed by atoms with Gasteiger partial charge in [-0.05, 0) is 24.8 Å². The van der Waals surface area contributed by atoms with Crippen LogP contribution in [-0.2, 0) is 6.54 Å². The van der Waals surface area contributed by atoms with Crippen LogP contribution in [-0.4, -0.2) is 46.7 Å². The Hall–Kier alpha value is -1.86. The predicted molar refractivity (Wildman–Crippen MR) is 86.8 cm³/mol. The Labute approximate surface area is 133 Å². The number of likely N-dealkylation sites (tertiary alicyclic amines) is 1. The molecule has 2 N–H and O–H groups in total. The molecule has 2 aromatic rings. The number of nitrogens with one attached hydrogen (secondary N) is 1. The lowest BCUT2D eigenvalue weighted by Gasteiger charge is -2.20. The van der Waals surface area contributed by atoms with Crippen LogP contribution >= 0.6 is 11.3 Å². The van der Waals surface area contributed by atoms with Crippen molar-refractivity contribution >= 4 is 17.3 Å². The number of nitrogens with zero attached hydrogens (tertiary/aromatic N) is 3. The van der Waals surface area contributed by atoms with E-state index in [1.807, 2.05) is 24.4 Å². The number of hydrogen-bond donors (Lipinski definition) is 2. The molecule has 3 heterocycles. The lowest BCUT2D eigenvalue weighted by molar-refractivity contribution is 0.188. The standard InChI is InChI=1S/C15H20N4O2S/c1-2-16-15(19-6-5-12(20)9-19)17-8-11-10-21-14(18-11)13-4-3-7-22-13/h3-4,7,10,12,20H,2,5-6,8-9H2,1H3,(H,16,17)/t12-/m1/s1. The summed E-state index contributed by atoms with van der Waals surface area (Å²) in [5.41, 5.74) is 0.804. The highest BCUT2D eigenvalue weighted by Gasteiger charge is 2.22. The third-order valence-corrected chi connectivity index (χ3v) is 4.33. The van der Waals surface area contributed by atoms with E-state index in [1.54, 1.807) is 17.6 Å². The van der Waals surface area contributed by atoms with Crippen molar-refractivity contribution in [3.05, 3.63) is 29.5 Å². The maximum atomic E-state index is 9.66. The first kappa shape index (κ1) is 15.1. The Morgan fingerprint density at radius 3 is 3.23 bits per heavy atom. The number of aliphatic hydroxyl groups is 1. The first-order valence-corrected chi connectivity index (χ1v) is 8.34. The van der Waals surface area contributed by atoms with Gasteiger partial charge in [-0.25, -0.2) is 9.98 Å². The van der Waals surface area contributed by atoms with Crippen LogP contribution in [0.1, 0.15) is 19.0 Å². The molecule has 1 atom stereocenters. The van der Waals surface area contributed by atoms with Gasteiger partial charge in [0.05, 0.1) is 17.5 Å². The van der Waals surface area contributed by atoms with E-state index in [0.717, 1.165) is 36.0 Å². The van der Waals surface area contributed by atoms with Crippen LogP contribution in [0, 0.1) is 0 Å². The minimum Gasteiger partial charge on any atom is -0.443 e. The SMILES string of the molecule is CCNC(=NCc1coc(-c2cccs2)n1)N1CC[C@@H](O)C1. The zero-order chi connectivity index (χ0) is 15.4. The van der Waals surface area contributed by atoms with Gasteiger partial charge in [-0.1, -0.05) is 6.07 Å². The molecule has 22 heavy (non-hydrogen) atoms. The quantitative estimate of drug-likeness (QED) is 0.665. The number of β-amino-alcohol motifs (C(OH)–C–C–N with tert-alkyl or cyclic N) is 1. The van der Waals surface area contributed by atoms with Crippen LogP contribution in [0.25, 0.3) is 10.8 Å². The molecule has 0 radical (unpaired) electrons. The molecule has 0 aromatic carbocycles. The highest BCUT2D eigenvalue weighted by Crippen LogP contribution is 2.23. The summed E-state index contributed by atoms with van der Waals surface area (Å²) >= 11 is 1.60. The van der Waals surface area contributed by atoms with E-state index in [4.69, 9.17) is 4.42 Å². The van der Waals surface area contributed by atoms with Crippen molar-refractivity contribution in [2.24, 2.45) is 4.99 Å². The molecule has 3 rings (SSSR count). The second-order valence-electron chi connectivity index (χ2n) is 5.18. The summed E-state index contributed by atoms with van der Waals surface area (Å²) in [5, 5.41) is 14.9. The summed E-state index contributed by atoms with van der Waals surface area (Å²) in [4.78, 5) is 12.2. The smallest absolute Gasteiger partial charge is 0.236 e. The molecule has 2 aromatic heterocycles. The second kappa shape index (κ2) is 6.93. The van der Waals surface area contributed by atoms with Crippen LogP contribution in [0.2, 0.25) is 0 Å². The molecule has 6 nitrogen and oxygen atoms in total. The highest BCUT2D eigenvalue weighted by atomic mass is 32.1. The van der Waals surface area contributed by atoms with Gasteiger partial charge in [0.25, 0.3) is 0 Å². The topological polar surface area (TPSA) is 73.9 Å². The number of hydrogen-bond acceptors (Lipinski definition) is 5. The van der Waals surface area contributed by atoms with E-state index in [-0.39, 0.29) is 6.10 Å². The molecule has 1 aliphatic rings. The van der Waals surface area contributed by atoms with Crippen LogP contribution in [0.3, 0.4) is 0 Å². The zero-order valence-corrected chi connectivity index (χ0v) is 13.3. The van der Waals surface area contributed by atoms with Crippen LogP contribution < -0.4 is 5.32 Å². The maximum Gasteiger partial charge on any atom is 0.236 e. The van der Waals surface area contributed by atoms with Crippen LogP contribution in [0.15, 0.2) is 33.2 Å². The average Bonchev–Trinajstić information content (AvgIpc) is 3.24. The van der Waals surface area contributed by atoms with E-state index >= 15 is 0 Å². The van der Waals surface area contributed by atoms with E-state index in [1.165, 1.54) is 0 Å². The molecular weight excluding hydrogens is 300 g/mol. The van der Waals surface area contributed by atoms with Gasteiger partial charge in [-0.15, -0.1) is 11.3 Å². The summed E-state index contributed by atoms with van der Waals surface area (Å²) in [6, 6.07) is 3.96. The number of aliphatic hydroxyl groups excluding tert-OH is 1. The summed E-state index contributed by atoms with van der Waals surface area (Å²) < 4.78 is 5.50. The Morgan fingerprint density at radius 1 is 1.64 bits per heavy atom. The number of aliphatic imine (C=N–C) groups is 1. The summed E-state index contributed by atoms with van der Waals surface area (Å²) in [5.74, 6) is 1.46. The first-order valence-electron chi connectivity index (χ1n) is 7.46. The van der Waals surface area contributed by atoms with Crippen molar-refractivity contribution in [1.29, 1.82) is 0 Å². The fourth-order valence-electron chi connectivity index (χ4n) is 2.41. The predicted octanol–water partition coefficient (Wildman–Crippen LogP) is 1.94. The van der Waals surface area contributed by atoms with E-state index in [2.05, 4.69) is 20.2 Å². The Morgan fingerprint density at radius 2 is 2.55 bits per heavy atom. The third kappa shape index (κ3) is 3.48. The Balaban J connectivity index is 1.68. The lowest BCUT2D eigenvalue weighted by Crippen LogP contribution is -2.40. The van der Waals surface area contributed by atoms with E-state index in [0.29, 0.717) is 19.0 Å². The molecule has 0 spiro atoms. The van der Waals surface area contributed by atoms with Gasteiger partial charge < -0.3 is 19.7 Å². The number of oxazole rings is 1. The van der Waals surface area contributed by atoms with Crippen molar-refractivity contribution in [3.63, 3.8) is 0 Å². The van der Waals surface area contributed by atoms with Gasteiger partial charge in [0.1, 0.15) is 12.0 Å². The van der Waals surface area contributed by atoms with Crippen molar-refractivity contribution in [2.45, 2.75) is 26.0 Å². The van der Waals surface area contributed by atoms with Gasteiger partial charge in [-0.2, -0.15) is 0 Å². The van der Waals surface area contributed by atoms with Crippen LogP contribution in [0.5, 0.6) is 0 Å². The van der Waals surface area contributed by atoms with Crippen molar-refractivity contribution in [3.8, 4) is 10.8 Å². The summed E-state index contributed by atoms with van der Waals surface area (Å²) in [6.07, 6.45) is 2.18. The van der Waals surface area contributed by atoms with Gasteiger partial charge in [-0.3, -0.25) is 0 Å². The molecule has 0 unspecified atom stereocenters. The second-order valence-corrected chi connectivity index (χ2v) is 6.13. The first-order chi connectivity index (χ1) is 10.8. The molecule has 0 aliphatic carbocycles. The number of rotatable bonds is 4. The van der Waals surface area contributed by atoms with Gasteiger partial charge in [0.15, 0.2) is 5.96 Å². The number of guanidine groups is 1. The lowest BCUT2D eigenvalue weighted by atomic mass is 10.3. The van der Waals surface area contributed by atoms with Crippen LogP contribution in [0.4, 0.5) is 0 Å². The maximum absolute atomic E-state index is 9.66. The Kier molecular flexibility index (Phi) is 4.74. The largest absolute Gasteiger partial charge is 0.443 e. The fourth-order valence-corrected chi connectivity index (χ4v) is 3.06. The van der Waals surface area contributed by atoms with Gasteiger partial charge in [0, 0.05) is 19.6 Å². The minimum atomic E-state index is -0.263. The zero-order valence-electron chi connectivity index (χ0n) is 12.5. The highest BCUT2D eigenvalue weighted by molar-refractivity contribution is 7.13. The van der Waals surface area contributed by atoms with Gasteiger partial charge in [0.2, 0.25) is 5.89 Å². The molecule has 0 amide bonds. The third-order valence-electron chi connectivity index (χ3n) is 3.47. The molecule has 118 valence electrons. The van der Waals surface area contributed by atoms with Crippen molar-refractivity contribution in [1.82, 2.24) is 15.2 Å². The minimum absolute atomic E-state index is 0.263.